The van der Waals surface area contributed by atoms with Crippen LogP contribution >= 0.6 is 0 Å². The third-order valence-electron chi connectivity index (χ3n) is 4.62. The summed E-state index contributed by atoms with van der Waals surface area (Å²) in [4.78, 5) is 16.7. The molecule has 2 atom stereocenters. The van der Waals surface area contributed by atoms with E-state index in [9.17, 15) is 4.79 Å². The standard InChI is InChI=1S/C18H37N3O2/c1-7-15(2)20(6)13-11-19-14-16-10-8-9-12-21(16)17(22)23-18(3,4)5/h15-16,19H,7-14H2,1-6H3. The van der Waals surface area contributed by atoms with E-state index < -0.39 is 5.60 Å². The second kappa shape index (κ2) is 9.48. The molecular formula is C18H37N3O2. The van der Waals surface area contributed by atoms with Crippen LogP contribution in [-0.4, -0.2) is 66.8 Å². The van der Waals surface area contributed by atoms with Crippen LogP contribution in [0.25, 0.3) is 0 Å². The van der Waals surface area contributed by atoms with Gasteiger partial charge in [0.15, 0.2) is 0 Å². The van der Waals surface area contributed by atoms with Crippen molar-refractivity contribution in [2.75, 3.05) is 33.2 Å². The number of ether oxygens (including phenoxy) is 1. The summed E-state index contributed by atoms with van der Waals surface area (Å²) >= 11 is 0. The Morgan fingerprint density at radius 2 is 2.09 bits per heavy atom. The van der Waals surface area contributed by atoms with Gasteiger partial charge >= 0.3 is 6.09 Å². The SMILES string of the molecule is CCC(C)N(C)CCNCC1CCCCN1C(=O)OC(C)(C)C. The summed E-state index contributed by atoms with van der Waals surface area (Å²) < 4.78 is 5.55. The second-order valence-corrected chi connectivity index (χ2v) is 7.77. The highest BCUT2D eigenvalue weighted by Gasteiger charge is 2.30. The number of likely N-dealkylation sites (N-methyl/N-ethyl adjacent to an activating group) is 1. The minimum atomic E-state index is -0.425. The zero-order valence-electron chi connectivity index (χ0n) is 16.0. The van der Waals surface area contributed by atoms with Crippen molar-refractivity contribution in [1.29, 1.82) is 0 Å². The van der Waals surface area contributed by atoms with Gasteiger partial charge in [0.05, 0.1) is 0 Å². The highest BCUT2D eigenvalue weighted by atomic mass is 16.6. The maximum atomic E-state index is 12.4. The van der Waals surface area contributed by atoms with E-state index in [2.05, 4.69) is 31.1 Å². The van der Waals surface area contributed by atoms with Gasteiger partial charge in [0.2, 0.25) is 0 Å². The molecule has 5 nitrogen and oxygen atoms in total. The minimum Gasteiger partial charge on any atom is -0.444 e. The predicted octanol–water partition coefficient (Wildman–Crippen LogP) is 3.10. The third kappa shape index (κ3) is 7.53. The zero-order chi connectivity index (χ0) is 17.5. The Labute approximate surface area is 142 Å². The summed E-state index contributed by atoms with van der Waals surface area (Å²) in [6, 6.07) is 0.872. The van der Waals surface area contributed by atoms with Crippen molar-refractivity contribution < 1.29 is 9.53 Å². The number of likely N-dealkylation sites (tertiary alicyclic amines) is 1. The van der Waals surface area contributed by atoms with Crippen LogP contribution in [0.1, 0.15) is 60.3 Å². The Balaban J connectivity index is 2.39. The fourth-order valence-corrected chi connectivity index (χ4v) is 2.83. The summed E-state index contributed by atoms with van der Waals surface area (Å²) in [6.45, 7) is 13.9. The zero-order valence-corrected chi connectivity index (χ0v) is 16.0. The second-order valence-electron chi connectivity index (χ2n) is 7.77. The first-order valence-electron chi connectivity index (χ1n) is 9.15. The van der Waals surface area contributed by atoms with E-state index in [1.807, 2.05) is 25.7 Å². The van der Waals surface area contributed by atoms with Crippen molar-refractivity contribution in [3.05, 3.63) is 0 Å². The number of amides is 1. The van der Waals surface area contributed by atoms with E-state index in [4.69, 9.17) is 4.74 Å². The van der Waals surface area contributed by atoms with Crippen molar-refractivity contribution in [3.8, 4) is 0 Å². The lowest BCUT2D eigenvalue weighted by atomic mass is 10.0. The van der Waals surface area contributed by atoms with Crippen molar-refractivity contribution in [2.24, 2.45) is 0 Å². The molecule has 0 aromatic rings. The fourth-order valence-electron chi connectivity index (χ4n) is 2.83. The lowest BCUT2D eigenvalue weighted by Crippen LogP contribution is -2.50. The molecule has 0 aromatic carbocycles. The number of hydrogen-bond donors (Lipinski definition) is 1. The average Bonchev–Trinajstić information content (AvgIpc) is 2.49. The molecule has 0 aliphatic carbocycles. The van der Waals surface area contributed by atoms with Gasteiger partial charge < -0.3 is 19.9 Å². The molecule has 0 saturated carbocycles. The number of hydrogen-bond acceptors (Lipinski definition) is 4. The summed E-state index contributed by atoms with van der Waals surface area (Å²) in [5.74, 6) is 0. The molecule has 2 unspecified atom stereocenters. The average molecular weight is 328 g/mol. The maximum Gasteiger partial charge on any atom is 0.410 e. The number of piperidine rings is 1. The lowest BCUT2D eigenvalue weighted by Gasteiger charge is -2.37. The van der Waals surface area contributed by atoms with Crippen molar-refractivity contribution in [2.45, 2.75) is 78.0 Å². The highest BCUT2D eigenvalue weighted by molar-refractivity contribution is 5.68. The van der Waals surface area contributed by atoms with Gasteiger partial charge in [-0.3, -0.25) is 0 Å². The molecule has 23 heavy (non-hydrogen) atoms. The molecule has 5 heteroatoms. The first-order chi connectivity index (χ1) is 10.7. The van der Waals surface area contributed by atoms with Gasteiger partial charge in [-0.25, -0.2) is 4.79 Å². The van der Waals surface area contributed by atoms with E-state index in [0.717, 1.165) is 39.0 Å². The van der Waals surface area contributed by atoms with Crippen LogP contribution in [0.2, 0.25) is 0 Å². The normalized spacial score (nSPS) is 20.7. The summed E-state index contributed by atoms with van der Waals surface area (Å²) in [7, 11) is 2.17. The quantitative estimate of drug-likeness (QED) is 0.730. The molecule has 1 fully saturated rings. The molecule has 0 spiro atoms. The van der Waals surface area contributed by atoms with Gasteiger partial charge in [-0.15, -0.1) is 0 Å². The predicted molar refractivity (Wildman–Crippen MR) is 95.8 cm³/mol. The highest BCUT2D eigenvalue weighted by Crippen LogP contribution is 2.20. The Bertz CT molecular complexity index is 355. The van der Waals surface area contributed by atoms with Crippen molar-refractivity contribution in [1.82, 2.24) is 15.1 Å². The molecule has 0 aromatic heterocycles. The van der Waals surface area contributed by atoms with Crippen LogP contribution in [0.5, 0.6) is 0 Å². The van der Waals surface area contributed by atoms with Gasteiger partial charge in [-0.2, -0.15) is 0 Å². The molecule has 1 N–H and O–H groups in total. The Hall–Kier alpha value is -0.810. The van der Waals surface area contributed by atoms with Crippen molar-refractivity contribution in [3.63, 3.8) is 0 Å². The summed E-state index contributed by atoms with van der Waals surface area (Å²) in [6.07, 6.45) is 4.34. The molecule has 1 rings (SSSR count). The van der Waals surface area contributed by atoms with Gasteiger partial charge in [0.1, 0.15) is 5.60 Å². The van der Waals surface area contributed by atoms with Crippen molar-refractivity contribution >= 4 is 6.09 Å². The van der Waals surface area contributed by atoms with E-state index in [1.54, 1.807) is 0 Å². The van der Waals surface area contributed by atoms with Crippen LogP contribution < -0.4 is 5.32 Å². The fraction of sp³-hybridized carbons (Fsp3) is 0.944. The smallest absolute Gasteiger partial charge is 0.410 e. The molecule has 0 radical (unpaired) electrons. The summed E-state index contributed by atoms with van der Waals surface area (Å²) in [5.41, 5.74) is -0.425. The van der Waals surface area contributed by atoms with Crippen LogP contribution in [-0.2, 0) is 4.74 Å². The van der Waals surface area contributed by atoms with Gasteiger partial charge in [-0.05, 0) is 60.4 Å². The van der Waals surface area contributed by atoms with E-state index in [0.29, 0.717) is 6.04 Å². The minimum absolute atomic E-state index is 0.166. The van der Waals surface area contributed by atoms with E-state index in [-0.39, 0.29) is 12.1 Å². The number of carbonyl (C=O) groups excluding carboxylic acids is 1. The largest absolute Gasteiger partial charge is 0.444 e. The number of nitrogens with one attached hydrogen (secondary N) is 1. The van der Waals surface area contributed by atoms with Crippen LogP contribution in [0.15, 0.2) is 0 Å². The summed E-state index contributed by atoms with van der Waals surface area (Å²) in [5, 5.41) is 3.52. The number of nitrogens with zero attached hydrogens (tertiary/aromatic N) is 2. The van der Waals surface area contributed by atoms with Crippen LogP contribution in [0, 0.1) is 0 Å². The number of carbonyl (C=O) groups is 1. The Kier molecular flexibility index (Phi) is 8.34. The van der Waals surface area contributed by atoms with Crippen LogP contribution in [0.3, 0.4) is 0 Å². The Morgan fingerprint density at radius 3 is 2.70 bits per heavy atom. The van der Waals surface area contributed by atoms with Gasteiger partial charge in [0.25, 0.3) is 0 Å². The molecule has 1 aliphatic rings. The van der Waals surface area contributed by atoms with Gasteiger partial charge in [0, 0.05) is 38.3 Å². The molecule has 1 aliphatic heterocycles. The topological polar surface area (TPSA) is 44.8 Å². The maximum absolute atomic E-state index is 12.4. The molecule has 1 heterocycles. The van der Waals surface area contributed by atoms with Gasteiger partial charge in [-0.1, -0.05) is 6.92 Å². The third-order valence-corrected chi connectivity index (χ3v) is 4.62. The molecule has 1 saturated heterocycles. The molecule has 136 valence electrons. The Morgan fingerprint density at radius 1 is 1.39 bits per heavy atom. The lowest BCUT2D eigenvalue weighted by molar-refractivity contribution is 0.00992. The monoisotopic (exact) mass is 327 g/mol. The molecule has 0 bridgehead atoms. The first-order valence-corrected chi connectivity index (χ1v) is 9.15. The van der Waals surface area contributed by atoms with E-state index >= 15 is 0 Å². The van der Waals surface area contributed by atoms with Crippen LogP contribution in [0.4, 0.5) is 4.79 Å². The molecular weight excluding hydrogens is 290 g/mol. The first kappa shape index (κ1) is 20.2. The molecule has 1 amide bonds. The number of rotatable bonds is 7. The van der Waals surface area contributed by atoms with E-state index in [1.165, 1.54) is 12.8 Å².